The summed E-state index contributed by atoms with van der Waals surface area (Å²) in [5, 5.41) is 4.29. The van der Waals surface area contributed by atoms with Gasteiger partial charge in [0.2, 0.25) is 0 Å². The van der Waals surface area contributed by atoms with Crippen molar-refractivity contribution in [3.63, 3.8) is 0 Å². The van der Waals surface area contributed by atoms with E-state index in [0.717, 1.165) is 0 Å². The minimum absolute atomic E-state index is 0.409. The molecule has 0 aliphatic heterocycles. The van der Waals surface area contributed by atoms with Crippen molar-refractivity contribution in [3.05, 3.63) is 21.9 Å². The molecule has 0 aliphatic rings. The molecule has 0 spiro atoms. The van der Waals surface area contributed by atoms with Gasteiger partial charge in [0.25, 0.3) is 0 Å². The Morgan fingerprint density at radius 3 is 2.82 bits per heavy atom. The highest BCUT2D eigenvalue weighted by Crippen LogP contribution is 2.22. The van der Waals surface area contributed by atoms with Gasteiger partial charge >= 0.3 is 0 Å². The van der Waals surface area contributed by atoms with Gasteiger partial charge in [0, 0.05) is 5.92 Å². The molecule has 2 nitrogen and oxygen atoms in total. The Labute approximate surface area is 70.9 Å². The van der Waals surface area contributed by atoms with Crippen molar-refractivity contribution in [3.8, 4) is 0 Å². The molecule has 0 fully saturated rings. The van der Waals surface area contributed by atoms with Crippen LogP contribution in [0.1, 0.15) is 24.0 Å². The van der Waals surface area contributed by atoms with E-state index in [2.05, 4.69) is 29.4 Å². The molecule has 2 N–H and O–H groups in total. The predicted molar refractivity (Wildman–Crippen MR) is 47.6 cm³/mol. The zero-order valence-electron chi connectivity index (χ0n) is 6.83. The summed E-state index contributed by atoms with van der Waals surface area (Å²) >= 11 is 1.72. The van der Waals surface area contributed by atoms with Gasteiger partial charge in [-0.05, 0) is 28.8 Å². The summed E-state index contributed by atoms with van der Waals surface area (Å²) in [7, 11) is 0. The highest BCUT2D eigenvalue weighted by atomic mass is 32.1. The monoisotopic (exact) mass is 171 g/mol. The van der Waals surface area contributed by atoms with E-state index in [4.69, 9.17) is 5.90 Å². The highest BCUT2D eigenvalue weighted by molar-refractivity contribution is 7.08. The van der Waals surface area contributed by atoms with Crippen LogP contribution in [0.4, 0.5) is 0 Å². The molecule has 0 amide bonds. The van der Waals surface area contributed by atoms with Crippen LogP contribution in [0.3, 0.4) is 0 Å². The van der Waals surface area contributed by atoms with Gasteiger partial charge in [0.1, 0.15) is 0 Å². The highest BCUT2D eigenvalue weighted by Gasteiger charge is 2.08. The number of hydrogen-bond acceptors (Lipinski definition) is 3. The molecule has 62 valence electrons. The number of nitrogens with two attached hydrogens (primary N) is 1. The molecule has 1 atom stereocenters. The van der Waals surface area contributed by atoms with Crippen LogP contribution in [0.15, 0.2) is 10.8 Å². The van der Waals surface area contributed by atoms with E-state index in [1.54, 1.807) is 11.3 Å². The fraction of sp³-hybridized carbons (Fsp3) is 0.500. The van der Waals surface area contributed by atoms with Crippen LogP contribution in [0, 0.1) is 6.92 Å². The second-order valence-corrected chi connectivity index (χ2v) is 3.49. The first kappa shape index (κ1) is 8.71. The molecule has 11 heavy (non-hydrogen) atoms. The van der Waals surface area contributed by atoms with Crippen molar-refractivity contribution < 1.29 is 4.84 Å². The fourth-order valence-corrected chi connectivity index (χ4v) is 2.08. The zero-order chi connectivity index (χ0) is 8.27. The lowest BCUT2D eigenvalue weighted by Gasteiger charge is -2.08. The van der Waals surface area contributed by atoms with Crippen LogP contribution >= 0.6 is 11.3 Å². The van der Waals surface area contributed by atoms with Gasteiger partial charge in [-0.2, -0.15) is 11.3 Å². The maximum absolute atomic E-state index is 4.99. The fourth-order valence-electron chi connectivity index (χ4n) is 1.11. The summed E-state index contributed by atoms with van der Waals surface area (Å²) in [6.07, 6.45) is 0. The molecule has 0 saturated heterocycles. The third kappa shape index (κ3) is 2.02. The SMILES string of the molecule is Cc1cscc1C(C)CON. The maximum Gasteiger partial charge on any atom is 0.0745 e. The summed E-state index contributed by atoms with van der Waals surface area (Å²) in [6.45, 7) is 4.82. The number of rotatable bonds is 3. The molecule has 0 bridgehead atoms. The largest absolute Gasteiger partial charge is 0.304 e. The van der Waals surface area contributed by atoms with E-state index in [9.17, 15) is 0 Å². The van der Waals surface area contributed by atoms with Crippen LogP contribution < -0.4 is 5.90 Å². The molecule has 0 radical (unpaired) electrons. The Kier molecular flexibility index (Phi) is 3.05. The van der Waals surface area contributed by atoms with Crippen molar-refractivity contribution in [1.29, 1.82) is 0 Å². The first-order chi connectivity index (χ1) is 5.25. The Hall–Kier alpha value is -0.380. The lowest BCUT2D eigenvalue weighted by Crippen LogP contribution is -2.08. The van der Waals surface area contributed by atoms with Gasteiger partial charge in [-0.1, -0.05) is 6.92 Å². The molecule has 0 aliphatic carbocycles. The lowest BCUT2D eigenvalue weighted by molar-refractivity contribution is 0.126. The Balaban J connectivity index is 2.67. The summed E-state index contributed by atoms with van der Waals surface area (Å²) in [6, 6.07) is 0. The molecule has 0 saturated carbocycles. The second-order valence-electron chi connectivity index (χ2n) is 2.74. The molecule has 0 aromatic carbocycles. The first-order valence-electron chi connectivity index (χ1n) is 3.60. The summed E-state index contributed by atoms with van der Waals surface area (Å²) in [5.74, 6) is 5.40. The van der Waals surface area contributed by atoms with E-state index in [1.165, 1.54) is 11.1 Å². The van der Waals surface area contributed by atoms with Crippen molar-refractivity contribution in [2.24, 2.45) is 5.90 Å². The van der Waals surface area contributed by atoms with Gasteiger partial charge in [0.15, 0.2) is 0 Å². The second kappa shape index (κ2) is 3.85. The zero-order valence-corrected chi connectivity index (χ0v) is 7.65. The Bertz CT molecular complexity index is 222. The Morgan fingerprint density at radius 1 is 1.64 bits per heavy atom. The topological polar surface area (TPSA) is 35.2 Å². The molecule has 3 heteroatoms. The van der Waals surface area contributed by atoms with Gasteiger partial charge in [-0.25, -0.2) is 5.90 Å². The summed E-state index contributed by atoms with van der Waals surface area (Å²) < 4.78 is 0. The summed E-state index contributed by atoms with van der Waals surface area (Å²) in [4.78, 5) is 4.59. The molecule has 1 aromatic rings. The predicted octanol–water partition coefficient (Wildman–Crippen LogP) is 2.05. The average Bonchev–Trinajstić information content (AvgIpc) is 2.36. The van der Waals surface area contributed by atoms with Crippen molar-refractivity contribution >= 4 is 11.3 Å². The minimum Gasteiger partial charge on any atom is -0.304 e. The molecule has 1 rings (SSSR count). The quantitative estimate of drug-likeness (QED) is 0.706. The average molecular weight is 171 g/mol. The van der Waals surface area contributed by atoms with E-state index >= 15 is 0 Å². The van der Waals surface area contributed by atoms with Crippen molar-refractivity contribution in [1.82, 2.24) is 0 Å². The molecule has 1 unspecified atom stereocenters. The van der Waals surface area contributed by atoms with Crippen molar-refractivity contribution in [2.75, 3.05) is 6.61 Å². The van der Waals surface area contributed by atoms with Crippen LogP contribution in [-0.4, -0.2) is 6.61 Å². The van der Waals surface area contributed by atoms with Crippen LogP contribution in [-0.2, 0) is 4.84 Å². The van der Waals surface area contributed by atoms with E-state index < -0.39 is 0 Å². The lowest BCUT2D eigenvalue weighted by atomic mass is 10.0. The number of aryl methyl sites for hydroxylation is 1. The van der Waals surface area contributed by atoms with Gasteiger partial charge in [-0.3, -0.25) is 0 Å². The maximum atomic E-state index is 4.99. The number of thiophene rings is 1. The number of hydrogen-bond donors (Lipinski definition) is 1. The Morgan fingerprint density at radius 2 is 2.36 bits per heavy atom. The molecular formula is C8H13NOS. The smallest absolute Gasteiger partial charge is 0.0745 e. The van der Waals surface area contributed by atoms with Crippen molar-refractivity contribution in [2.45, 2.75) is 19.8 Å². The van der Waals surface area contributed by atoms with Crippen LogP contribution in [0.25, 0.3) is 0 Å². The van der Waals surface area contributed by atoms with Crippen LogP contribution in [0.2, 0.25) is 0 Å². The minimum atomic E-state index is 0.409. The molecule has 1 aromatic heterocycles. The van der Waals surface area contributed by atoms with Gasteiger partial charge in [0.05, 0.1) is 6.61 Å². The summed E-state index contributed by atoms with van der Waals surface area (Å²) in [5.41, 5.74) is 2.68. The molecular weight excluding hydrogens is 158 g/mol. The van der Waals surface area contributed by atoms with Crippen LogP contribution in [0.5, 0.6) is 0 Å². The third-order valence-electron chi connectivity index (χ3n) is 1.77. The third-order valence-corrected chi connectivity index (χ3v) is 2.65. The van der Waals surface area contributed by atoms with E-state index in [-0.39, 0.29) is 0 Å². The standard InChI is InChI=1S/C8H13NOS/c1-6(3-10-9)8-5-11-4-7(8)2/h4-6H,3,9H2,1-2H3. The first-order valence-corrected chi connectivity index (χ1v) is 4.54. The molecule has 1 heterocycles. The normalized spacial score (nSPS) is 13.4. The van der Waals surface area contributed by atoms with E-state index in [0.29, 0.717) is 12.5 Å². The van der Waals surface area contributed by atoms with Gasteiger partial charge in [-0.15, -0.1) is 0 Å². The van der Waals surface area contributed by atoms with E-state index in [1.807, 2.05) is 0 Å². The van der Waals surface area contributed by atoms with Gasteiger partial charge < -0.3 is 4.84 Å².